The first-order valence-corrected chi connectivity index (χ1v) is 6.15. The SMILES string of the molecule is OCc1cnc(Oc2cc(F)cc(Br)c2)c(Cl)c1. The predicted molar refractivity (Wildman–Crippen MR) is 69.3 cm³/mol. The highest BCUT2D eigenvalue weighted by Gasteiger charge is 2.07. The van der Waals surface area contributed by atoms with Crippen LogP contribution in [0.25, 0.3) is 0 Å². The molecular formula is C12H8BrClFNO2. The maximum absolute atomic E-state index is 13.2. The predicted octanol–water partition coefficient (Wildman–Crippen LogP) is 3.92. The average molecular weight is 333 g/mol. The van der Waals surface area contributed by atoms with E-state index in [0.29, 0.717) is 10.0 Å². The number of aromatic nitrogens is 1. The van der Waals surface area contributed by atoms with E-state index in [1.807, 2.05) is 0 Å². The Labute approximate surface area is 116 Å². The number of hydrogen-bond acceptors (Lipinski definition) is 3. The molecule has 0 amide bonds. The van der Waals surface area contributed by atoms with E-state index in [-0.39, 0.29) is 23.3 Å². The lowest BCUT2D eigenvalue weighted by Crippen LogP contribution is -1.92. The van der Waals surface area contributed by atoms with Crippen LogP contribution in [-0.4, -0.2) is 10.1 Å². The summed E-state index contributed by atoms with van der Waals surface area (Å²) in [6.45, 7) is -0.154. The van der Waals surface area contributed by atoms with Gasteiger partial charge in [0.05, 0.1) is 6.61 Å². The summed E-state index contributed by atoms with van der Waals surface area (Å²) in [6, 6.07) is 5.68. The zero-order valence-electron chi connectivity index (χ0n) is 9.03. The highest BCUT2D eigenvalue weighted by molar-refractivity contribution is 9.10. The smallest absolute Gasteiger partial charge is 0.238 e. The number of pyridine rings is 1. The molecule has 0 unspecified atom stereocenters. The Morgan fingerprint density at radius 3 is 2.72 bits per heavy atom. The van der Waals surface area contributed by atoms with Crippen molar-refractivity contribution in [3.8, 4) is 11.6 Å². The lowest BCUT2D eigenvalue weighted by Gasteiger charge is -2.07. The van der Waals surface area contributed by atoms with Crippen molar-refractivity contribution in [3.63, 3.8) is 0 Å². The van der Waals surface area contributed by atoms with E-state index in [4.69, 9.17) is 21.4 Å². The van der Waals surface area contributed by atoms with Crippen molar-refractivity contribution in [2.75, 3.05) is 0 Å². The zero-order chi connectivity index (χ0) is 13.1. The van der Waals surface area contributed by atoms with Gasteiger partial charge in [0.1, 0.15) is 16.6 Å². The van der Waals surface area contributed by atoms with E-state index in [1.54, 1.807) is 6.07 Å². The molecule has 18 heavy (non-hydrogen) atoms. The molecule has 0 aliphatic carbocycles. The summed E-state index contributed by atoms with van der Waals surface area (Å²) < 4.78 is 19.1. The highest BCUT2D eigenvalue weighted by Crippen LogP contribution is 2.29. The molecule has 1 N–H and O–H groups in total. The zero-order valence-corrected chi connectivity index (χ0v) is 11.4. The van der Waals surface area contributed by atoms with Crippen molar-refractivity contribution in [1.82, 2.24) is 4.98 Å². The summed E-state index contributed by atoms with van der Waals surface area (Å²) in [7, 11) is 0. The molecule has 2 aromatic rings. The van der Waals surface area contributed by atoms with Gasteiger partial charge in [-0.25, -0.2) is 9.37 Å². The van der Waals surface area contributed by atoms with Gasteiger partial charge in [0.15, 0.2) is 0 Å². The van der Waals surface area contributed by atoms with Crippen LogP contribution in [0.5, 0.6) is 11.6 Å². The highest BCUT2D eigenvalue weighted by atomic mass is 79.9. The minimum atomic E-state index is -0.428. The molecule has 1 aromatic carbocycles. The Morgan fingerprint density at radius 2 is 2.11 bits per heavy atom. The van der Waals surface area contributed by atoms with E-state index < -0.39 is 5.82 Å². The van der Waals surface area contributed by atoms with Crippen LogP contribution in [0.1, 0.15) is 5.56 Å². The minimum absolute atomic E-state index is 0.154. The van der Waals surface area contributed by atoms with Gasteiger partial charge >= 0.3 is 0 Å². The number of aliphatic hydroxyl groups is 1. The van der Waals surface area contributed by atoms with Crippen molar-refractivity contribution < 1.29 is 14.2 Å². The summed E-state index contributed by atoms with van der Waals surface area (Å²) >= 11 is 9.09. The number of aliphatic hydroxyl groups excluding tert-OH is 1. The molecule has 0 atom stereocenters. The fourth-order valence-electron chi connectivity index (χ4n) is 1.33. The third-order valence-electron chi connectivity index (χ3n) is 2.10. The Morgan fingerprint density at radius 1 is 1.33 bits per heavy atom. The molecular weight excluding hydrogens is 324 g/mol. The van der Waals surface area contributed by atoms with Crippen LogP contribution in [0.2, 0.25) is 5.02 Å². The number of rotatable bonds is 3. The second kappa shape index (κ2) is 5.65. The number of ether oxygens (including phenoxy) is 1. The molecule has 1 heterocycles. The number of benzene rings is 1. The van der Waals surface area contributed by atoms with Crippen molar-refractivity contribution in [1.29, 1.82) is 0 Å². The number of halogens is 3. The number of nitrogens with zero attached hydrogens (tertiary/aromatic N) is 1. The second-order valence-corrected chi connectivity index (χ2v) is 4.82. The third-order valence-corrected chi connectivity index (χ3v) is 2.83. The van der Waals surface area contributed by atoms with Crippen molar-refractivity contribution in [2.45, 2.75) is 6.61 Å². The Bertz CT molecular complexity index is 560. The molecule has 0 aliphatic heterocycles. The standard InChI is InChI=1S/C12H8BrClFNO2/c13-8-2-9(15)4-10(3-8)18-12-11(14)1-7(6-17)5-16-12/h1-5,17H,6H2. The second-order valence-electron chi connectivity index (χ2n) is 3.50. The summed E-state index contributed by atoms with van der Waals surface area (Å²) in [5.74, 6) is 0.0156. The van der Waals surface area contributed by atoms with Crippen LogP contribution in [0, 0.1) is 5.82 Å². The minimum Gasteiger partial charge on any atom is -0.437 e. The van der Waals surface area contributed by atoms with E-state index in [0.717, 1.165) is 0 Å². The van der Waals surface area contributed by atoms with Gasteiger partial charge in [0.2, 0.25) is 5.88 Å². The van der Waals surface area contributed by atoms with Crippen LogP contribution in [-0.2, 0) is 6.61 Å². The Balaban J connectivity index is 2.28. The topological polar surface area (TPSA) is 42.4 Å². The summed E-state index contributed by atoms with van der Waals surface area (Å²) in [5.41, 5.74) is 0.577. The molecule has 3 nitrogen and oxygen atoms in total. The van der Waals surface area contributed by atoms with E-state index in [2.05, 4.69) is 20.9 Å². The van der Waals surface area contributed by atoms with Gasteiger partial charge in [-0.1, -0.05) is 27.5 Å². The molecule has 0 saturated carbocycles. The van der Waals surface area contributed by atoms with Gasteiger partial charge in [0, 0.05) is 16.7 Å². The number of hydrogen-bond donors (Lipinski definition) is 1. The maximum atomic E-state index is 13.2. The molecule has 0 saturated heterocycles. The van der Waals surface area contributed by atoms with Crippen LogP contribution >= 0.6 is 27.5 Å². The third kappa shape index (κ3) is 3.19. The molecule has 0 radical (unpaired) electrons. The monoisotopic (exact) mass is 331 g/mol. The normalized spacial score (nSPS) is 10.4. The van der Waals surface area contributed by atoms with Crippen LogP contribution < -0.4 is 4.74 Å². The van der Waals surface area contributed by atoms with Crippen LogP contribution in [0.15, 0.2) is 34.9 Å². The van der Waals surface area contributed by atoms with E-state index >= 15 is 0 Å². The van der Waals surface area contributed by atoms with Gasteiger partial charge in [-0.2, -0.15) is 0 Å². The largest absolute Gasteiger partial charge is 0.437 e. The summed E-state index contributed by atoms with van der Waals surface area (Å²) in [5, 5.41) is 9.17. The van der Waals surface area contributed by atoms with Gasteiger partial charge in [0.25, 0.3) is 0 Å². The first-order valence-electron chi connectivity index (χ1n) is 4.97. The molecule has 2 rings (SSSR count). The Kier molecular flexibility index (Phi) is 4.16. The maximum Gasteiger partial charge on any atom is 0.238 e. The molecule has 6 heteroatoms. The lowest BCUT2D eigenvalue weighted by molar-refractivity contribution is 0.281. The van der Waals surface area contributed by atoms with Crippen molar-refractivity contribution in [3.05, 3.63) is 51.3 Å². The fraction of sp³-hybridized carbons (Fsp3) is 0.0833. The quantitative estimate of drug-likeness (QED) is 0.926. The molecule has 0 bridgehead atoms. The molecule has 0 spiro atoms. The molecule has 0 aliphatic rings. The van der Waals surface area contributed by atoms with Crippen LogP contribution in [0.4, 0.5) is 4.39 Å². The summed E-state index contributed by atoms with van der Waals surface area (Å²) in [6.07, 6.45) is 1.44. The lowest BCUT2D eigenvalue weighted by atomic mass is 10.3. The van der Waals surface area contributed by atoms with Gasteiger partial charge in [-0.3, -0.25) is 0 Å². The first kappa shape index (κ1) is 13.3. The fourth-order valence-corrected chi connectivity index (χ4v) is 2.00. The van der Waals surface area contributed by atoms with Gasteiger partial charge in [-0.05, 0) is 23.8 Å². The first-order chi connectivity index (χ1) is 8.58. The van der Waals surface area contributed by atoms with E-state index in [1.165, 1.54) is 24.4 Å². The van der Waals surface area contributed by atoms with E-state index in [9.17, 15) is 4.39 Å². The molecule has 1 aromatic heterocycles. The van der Waals surface area contributed by atoms with Gasteiger partial charge < -0.3 is 9.84 Å². The van der Waals surface area contributed by atoms with Gasteiger partial charge in [-0.15, -0.1) is 0 Å². The summed E-state index contributed by atoms with van der Waals surface area (Å²) in [4.78, 5) is 3.95. The molecule has 0 fully saturated rings. The Hall–Kier alpha value is -1.17. The van der Waals surface area contributed by atoms with Crippen molar-refractivity contribution >= 4 is 27.5 Å². The van der Waals surface area contributed by atoms with Crippen molar-refractivity contribution in [2.24, 2.45) is 0 Å². The molecule has 94 valence electrons. The average Bonchev–Trinajstić information content (AvgIpc) is 2.30. The van der Waals surface area contributed by atoms with Crippen LogP contribution in [0.3, 0.4) is 0 Å².